The lowest BCUT2D eigenvalue weighted by molar-refractivity contribution is 0.451. The Kier molecular flexibility index (Phi) is 4.30. The summed E-state index contributed by atoms with van der Waals surface area (Å²) in [4.78, 5) is 0. The molecule has 1 fully saturated rings. The monoisotopic (exact) mass is 261 g/mol. The SMILES string of the molecule is CSc1nnc(SC2CCCC(N)C2)s1. The molecule has 1 aromatic rings. The summed E-state index contributed by atoms with van der Waals surface area (Å²) in [5.74, 6) is 0. The average molecular weight is 261 g/mol. The van der Waals surface area contributed by atoms with Crippen molar-refractivity contribution >= 4 is 34.9 Å². The maximum Gasteiger partial charge on any atom is 0.175 e. The molecule has 1 aliphatic rings. The fourth-order valence-electron chi connectivity index (χ4n) is 1.76. The predicted molar refractivity (Wildman–Crippen MR) is 67.8 cm³/mol. The van der Waals surface area contributed by atoms with Crippen molar-refractivity contribution in [2.75, 3.05) is 6.26 Å². The van der Waals surface area contributed by atoms with Gasteiger partial charge in [0.05, 0.1) is 0 Å². The zero-order chi connectivity index (χ0) is 10.7. The molecule has 1 aromatic heterocycles. The molecule has 0 bridgehead atoms. The van der Waals surface area contributed by atoms with Crippen LogP contribution in [-0.4, -0.2) is 27.7 Å². The summed E-state index contributed by atoms with van der Waals surface area (Å²) >= 11 is 5.21. The number of hydrogen-bond acceptors (Lipinski definition) is 6. The molecule has 0 amide bonds. The molecule has 2 rings (SSSR count). The molecule has 15 heavy (non-hydrogen) atoms. The molecule has 0 spiro atoms. The number of aromatic nitrogens is 2. The first-order valence-electron chi connectivity index (χ1n) is 5.07. The van der Waals surface area contributed by atoms with E-state index in [4.69, 9.17) is 5.73 Å². The molecule has 3 nitrogen and oxygen atoms in total. The van der Waals surface area contributed by atoms with Crippen LogP contribution in [0.4, 0.5) is 0 Å². The van der Waals surface area contributed by atoms with Crippen LogP contribution in [0.3, 0.4) is 0 Å². The summed E-state index contributed by atoms with van der Waals surface area (Å²) in [5.41, 5.74) is 5.96. The molecule has 84 valence electrons. The summed E-state index contributed by atoms with van der Waals surface area (Å²) in [6.07, 6.45) is 6.87. The van der Waals surface area contributed by atoms with Gasteiger partial charge in [-0.05, 0) is 25.5 Å². The molecule has 0 aliphatic heterocycles. The van der Waals surface area contributed by atoms with Crippen molar-refractivity contribution in [3.8, 4) is 0 Å². The minimum Gasteiger partial charge on any atom is -0.328 e. The highest BCUT2D eigenvalue weighted by atomic mass is 32.2. The lowest BCUT2D eigenvalue weighted by Gasteiger charge is -2.24. The van der Waals surface area contributed by atoms with Crippen molar-refractivity contribution in [2.24, 2.45) is 5.73 Å². The molecule has 2 N–H and O–H groups in total. The van der Waals surface area contributed by atoms with E-state index in [1.807, 2.05) is 18.0 Å². The zero-order valence-corrected chi connectivity index (χ0v) is 11.1. The van der Waals surface area contributed by atoms with E-state index in [1.165, 1.54) is 19.3 Å². The van der Waals surface area contributed by atoms with Gasteiger partial charge in [-0.1, -0.05) is 41.3 Å². The Balaban J connectivity index is 1.90. The molecule has 1 aliphatic carbocycles. The smallest absolute Gasteiger partial charge is 0.175 e. The van der Waals surface area contributed by atoms with Gasteiger partial charge < -0.3 is 5.73 Å². The van der Waals surface area contributed by atoms with Crippen LogP contribution in [0.5, 0.6) is 0 Å². The molecule has 2 atom stereocenters. The van der Waals surface area contributed by atoms with Gasteiger partial charge in [0.1, 0.15) is 0 Å². The number of hydrogen-bond donors (Lipinski definition) is 1. The third-order valence-corrected chi connectivity index (χ3v) is 5.77. The van der Waals surface area contributed by atoms with Gasteiger partial charge in [0.2, 0.25) is 0 Å². The Labute approximate surface area is 103 Å². The first kappa shape index (κ1) is 11.7. The van der Waals surface area contributed by atoms with E-state index in [0.717, 1.165) is 15.1 Å². The van der Waals surface area contributed by atoms with Gasteiger partial charge in [-0.15, -0.1) is 10.2 Å². The second-order valence-electron chi connectivity index (χ2n) is 3.70. The van der Waals surface area contributed by atoms with Crippen LogP contribution in [0, 0.1) is 0 Å². The minimum atomic E-state index is 0.393. The third-order valence-electron chi connectivity index (χ3n) is 2.50. The van der Waals surface area contributed by atoms with E-state index in [-0.39, 0.29) is 0 Å². The van der Waals surface area contributed by atoms with Gasteiger partial charge >= 0.3 is 0 Å². The number of rotatable bonds is 3. The number of nitrogens with zero attached hydrogens (tertiary/aromatic N) is 2. The van der Waals surface area contributed by atoms with Crippen molar-refractivity contribution in [3.63, 3.8) is 0 Å². The van der Waals surface area contributed by atoms with Crippen LogP contribution in [0.1, 0.15) is 25.7 Å². The summed E-state index contributed by atoms with van der Waals surface area (Å²) < 4.78 is 2.15. The fraction of sp³-hybridized carbons (Fsp3) is 0.778. The van der Waals surface area contributed by atoms with Gasteiger partial charge in [-0.2, -0.15) is 0 Å². The van der Waals surface area contributed by atoms with Crippen LogP contribution < -0.4 is 5.73 Å². The van der Waals surface area contributed by atoms with E-state index >= 15 is 0 Å². The molecule has 1 saturated carbocycles. The second kappa shape index (κ2) is 5.52. The summed E-state index contributed by atoms with van der Waals surface area (Å²) in [6.45, 7) is 0. The Bertz CT molecular complexity index is 315. The van der Waals surface area contributed by atoms with Crippen molar-refractivity contribution in [3.05, 3.63) is 0 Å². The highest BCUT2D eigenvalue weighted by Gasteiger charge is 2.21. The zero-order valence-electron chi connectivity index (χ0n) is 8.68. The molecular formula is C9H15N3S3. The maximum absolute atomic E-state index is 5.96. The van der Waals surface area contributed by atoms with Gasteiger partial charge in [-0.25, -0.2) is 0 Å². The Morgan fingerprint density at radius 3 is 2.80 bits per heavy atom. The maximum atomic E-state index is 5.96. The number of nitrogens with two attached hydrogens (primary N) is 1. The topological polar surface area (TPSA) is 51.8 Å². The van der Waals surface area contributed by atoms with E-state index in [0.29, 0.717) is 11.3 Å². The van der Waals surface area contributed by atoms with Crippen LogP contribution in [-0.2, 0) is 0 Å². The number of thioether (sulfide) groups is 2. The Hall–Kier alpha value is 0.220. The molecular weight excluding hydrogens is 246 g/mol. The normalized spacial score (nSPS) is 26.8. The van der Waals surface area contributed by atoms with Gasteiger partial charge in [-0.3, -0.25) is 0 Å². The predicted octanol–water partition coefficient (Wildman–Crippen LogP) is 2.62. The van der Waals surface area contributed by atoms with Crippen LogP contribution in [0.25, 0.3) is 0 Å². The van der Waals surface area contributed by atoms with Crippen molar-refractivity contribution in [2.45, 2.75) is 45.7 Å². The van der Waals surface area contributed by atoms with Crippen molar-refractivity contribution in [1.82, 2.24) is 10.2 Å². The average Bonchev–Trinajstić information content (AvgIpc) is 2.65. The lowest BCUT2D eigenvalue weighted by Crippen LogP contribution is -2.29. The molecule has 6 heteroatoms. The van der Waals surface area contributed by atoms with E-state index in [2.05, 4.69) is 10.2 Å². The van der Waals surface area contributed by atoms with Gasteiger partial charge in [0.25, 0.3) is 0 Å². The molecule has 0 saturated heterocycles. The first-order valence-corrected chi connectivity index (χ1v) is 7.99. The van der Waals surface area contributed by atoms with E-state index in [1.54, 1.807) is 23.1 Å². The van der Waals surface area contributed by atoms with E-state index < -0.39 is 0 Å². The van der Waals surface area contributed by atoms with Gasteiger partial charge in [0.15, 0.2) is 8.68 Å². The first-order chi connectivity index (χ1) is 7.28. The van der Waals surface area contributed by atoms with Crippen molar-refractivity contribution < 1.29 is 0 Å². The lowest BCUT2D eigenvalue weighted by atomic mass is 9.96. The largest absolute Gasteiger partial charge is 0.328 e. The standard InChI is InChI=1S/C9H15N3S3/c1-13-8-11-12-9(15-8)14-7-4-2-3-6(10)5-7/h6-7H,2-5,10H2,1H3. The van der Waals surface area contributed by atoms with E-state index in [9.17, 15) is 0 Å². The minimum absolute atomic E-state index is 0.393. The molecule has 0 radical (unpaired) electrons. The molecule has 1 heterocycles. The molecule has 2 unspecified atom stereocenters. The highest BCUT2D eigenvalue weighted by molar-refractivity contribution is 8.03. The van der Waals surface area contributed by atoms with Crippen molar-refractivity contribution in [1.29, 1.82) is 0 Å². The highest BCUT2D eigenvalue weighted by Crippen LogP contribution is 2.36. The van der Waals surface area contributed by atoms with Gasteiger partial charge in [0, 0.05) is 11.3 Å². The Morgan fingerprint density at radius 2 is 2.13 bits per heavy atom. The third kappa shape index (κ3) is 3.34. The molecule has 0 aromatic carbocycles. The van der Waals surface area contributed by atoms with Crippen LogP contribution >= 0.6 is 34.9 Å². The summed E-state index contributed by atoms with van der Waals surface area (Å²) in [6, 6.07) is 0.393. The fourth-order valence-corrected chi connectivity index (χ4v) is 4.76. The second-order valence-corrected chi connectivity index (χ2v) is 7.28. The summed E-state index contributed by atoms with van der Waals surface area (Å²) in [5, 5.41) is 8.92. The van der Waals surface area contributed by atoms with Crippen LogP contribution in [0.2, 0.25) is 0 Å². The van der Waals surface area contributed by atoms with Crippen LogP contribution in [0.15, 0.2) is 8.68 Å². The Morgan fingerprint density at radius 1 is 1.33 bits per heavy atom. The quantitative estimate of drug-likeness (QED) is 0.848. The summed E-state index contributed by atoms with van der Waals surface area (Å²) in [7, 11) is 0.